The lowest BCUT2D eigenvalue weighted by atomic mass is 10.1. The summed E-state index contributed by atoms with van der Waals surface area (Å²) in [5.41, 5.74) is 2.44. The van der Waals surface area contributed by atoms with E-state index in [0.717, 1.165) is 26.1 Å². The van der Waals surface area contributed by atoms with Gasteiger partial charge < -0.3 is 14.7 Å². The molecule has 1 aliphatic rings. The van der Waals surface area contributed by atoms with Crippen molar-refractivity contribution in [3.8, 4) is 5.88 Å². The van der Waals surface area contributed by atoms with Crippen molar-refractivity contribution in [3.05, 3.63) is 58.7 Å². The molecule has 0 radical (unpaired) electrons. The van der Waals surface area contributed by atoms with Crippen molar-refractivity contribution in [1.29, 1.82) is 0 Å². The van der Waals surface area contributed by atoms with E-state index in [1.807, 2.05) is 0 Å². The van der Waals surface area contributed by atoms with E-state index in [1.165, 1.54) is 16.0 Å². The number of benzene rings is 1. The van der Waals surface area contributed by atoms with Crippen molar-refractivity contribution in [1.82, 2.24) is 14.8 Å². The van der Waals surface area contributed by atoms with Crippen LogP contribution >= 0.6 is 11.6 Å². The zero-order valence-corrected chi connectivity index (χ0v) is 15.2. The Kier molecular flexibility index (Phi) is 6.30. The van der Waals surface area contributed by atoms with Crippen LogP contribution in [0, 0.1) is 0 Å². The van der Waals surface area contributed by atoms with Gasteiger partial charge in [-0.1, -0.05) is 35.9 Å². The topological polar surface area (TPSA) is 65.9 Å². The number of hydrogen-bond acceptors (Lipinski definition) is 4. The number of piperazine rings is 1. The maximum atomic E-state index is 10.9. The maximum Gasteiger partial charge on any atom is 0.407 e. The van der Waals surface area contributed by atoms with Gasteiger partial charge in [-0.25, -0.2) is 9.78 Å². The standard InChI is InChI=1S/C19H22ClN3O3/c20-17-5-6-18(21-13-17)26-12-7-15-1-3-16(4-2-15)14-22-8-10-23(11-9-22)19(24)25/h1-6,13H,7-12,14H2,(H,24,25). The van der Waals surface area contributed by atoms with E-state index in [1.54, 1.807) is 18.3 Å². The number of aromatic nitrogens is 1. The maximum absolute atomic E-state index is 10.9. The van der Waals surface area contributed by atoms with Gasteiger partial charge >= 0.3 is 6.09 Å². The first kappa shape index (κ1) is 18.5. The van der Waals surface area contributed by atoms with E-state index in [4.69, 9.17) is 21.4 Å². The third kappa shape index (κ3) is 5.34. The van der Waals surface area contributed by atoms with Gasteiger partial charge in [0.2, 0.25) is 5.88 Å². The van der Waals surface area contributed by atoms with Gasteiger partial charge in [0, 0.05) is 51.4 Å². The summed E-state index contributed by atoms with van der Waals surface area (Å²) in [5, 5.41) is 9.58. The van der Waals surface area contributed by atoms with Crippen LogP contribution in [0.3, 0.4) is 0 Å². The minimum absolute atomic E-state index is 0.561. The average molecular weight is 376 g/mol. The largest absolute Gasteiger partial charge is 0.477 e. The molecule has 1 N–H and O–H groups in total. The number of halogens is 1. The molecular weight excluding hydrogens is 354 g/mol. The number of carboxylic acid groups (broad SMARTS) is 1. The first-order valence-corrected chi connectivity index (χ1v) is 9.00. The fourth-order valence-electron chi connectivity index (χ4n) is 2.89. The Bertz CT molecular complexity index is 714. The van der Waals surface area contributed by atoms with Crippen LogP contribution < -0.4 is 4.74 Å². The number of ether oxygens (including phenoxy) is 1. The molecule has 0 saturated carbocycles. The molecule has 0 spiro atoms. The zero-order valence-electron chi connectivity index (χ0n) is 14.5. The van der Waals surface area contributed by atoms with Crippen LogP contribution in [0.25, 0.3) is 0 Å². The van der Waals surface area contributed by atoms with Crippen molar-refractivity contribution in [2.24, 2.45) is 0 Å². The number of rotatable bonds is 6. The smallest absolute Gasteiger partial charge is 0.407 e. The van der Waals surface area contributed by atoms with Gasteiger partial charge in [-0.2, -0.15) is 0 Å². The van der Waals surface area contributed by atoms with Crippen molar-refractivity contribution >= 4 is 17.7 Å². The second-order valence-electron chi connectivity index (χ2n) is 6.28. The number of nitrogens with zero attached hydrogens (tertiary/aromatic N) is 3. The molecule has 138 valence electrons. The Hall–Kier alpha value is -2.31. The molecule has 1 aliphatic heterocycles. The van der Waals surface area contributed by atoms with E-state index < -0.39 is 6.09 Å². The molecule has 0 atom stereocenters. The molecular formula is C19H22ClN3O3. The van der Waals surface area contributed by atoms with Crippen molar-refractivity contribution in [3.63, 3.8) is 0 Å². The van der Waals surface area contributed by atoms with Crippen LogP contribution in [-0.4, -0.2) is 58.8 Å². The van der Waals surface area contributed by atoms with Gasteiger partial charge in [0.25, 0.3) is 0 Å². The third-order valence-electron chi connectivity index (χ3n) is 4.41. The summed E-state index contributed by atoms with van der Waals surface area (Å²) in [6.07, 6.45) is 1.55. The lowest BCUT2D eigenvalue weighted by molar-refractivity contribution is 0.103. The van der Waals surface area contributed by atoms with Crippen LogP contribution in [0.1, 0.15) is 11.1 Å². The summed E-state index contributed by atoms with van der Waals surface area (Å²) in [6.45, 7) is 4.10. The predicted octanol–water partition coefficient (Wildman–Crippen LogP) is 3.15. The Morgan fingerprint density at radius 2 is 1.77 bits per heavy atom. The van der Waals surface area contributed by atoms with Crippen molar-refractivity contribution < 1.29 is 14.6 Å². The molecule has 2 heterocycles. The van der Waals surface area contributed by atoms with E-state index in [2.05, 4.69) is 34.1 Å². The van der Waals surface area contributed by atoms with Gasteiger partial charge in [0.1, 0.15) is 0 Å². The van der Waals surface area contributed by atoms with E-state index in [0.29, 0.717) is 30.6 Å². The quantitative estimate of drug-likeness (QED) is 0.840. The molecule has 1 fully saturated rings. The second-order valence-corrected chi connectivity index (χ2v) is 6.71. The number of carbonyl (C=O) groups is 1. The van der Waals surface area contributed by atoms with Crippen molar-refractivity contribution in [2.75, 3.05) is 32.8 Å². The summed E-state index contributed by atoms with van der Waals surface area (Å²) in [5.74, 6) is 0.575. The van der Waals surface area contributed by atoms with Gasteiger partial charge in [-0.05, 0) is 17.2 Å². The van der Waals surface area contributed by atoms with Gasteiger partial charge in [-0.15, -0.1) is 0 Å². The fourth-order valence-corrected chi connectivity index (χ4v) is 3.00. The molecule has 0 unspecified atom stereocenters. The van der Waals surface area contributed by atoms with Crippen LogP contribution in [0.15, 0.2) is 42.6 Å². The first-order valence-electron chi connectivity index (χ1n) is 8.62. The van der Waals surface area contributed by atoms with Crippen LogP contribution in [0.5, 0.6) is 5.88 Å². The van der Waals surface area contributed by atoms with Gasteiger partial charge in [-0.3, -0.25) is 4.90 Å². The lowest BCUT2D eigenvalue weighted by Gasteiger charge is -2.33. The molecule has 1 aromatic carbocycles. The summed E-state index contributed by atoms with van der Waals surface area (Å²) in [6, 6.07) is 12.0. The van der Waals surface area contributed by atoms with Crippen LogP contribution in [0.4, 0.5) is 4.79 Å². The van der Waals surface area contributed by atoms with E-state index >= 15 is 0 Å². The Morgan fingerprint density at radius 3 is 2.38 bits per heavy atom. The SMILES string of the molecule is O=C(O)N1CCN(Cc2ccc(CCOc3ccc(Cl)cn3)cc2)CC1. The third-order valence-corrected chi connectivity index (χ3v) is 4.64. The summed E-state index contributed by atoms with van der Waals surface area (Å²) >= 11 is 5.80. The van der Waals surface area contributed by atoms with Gasteiger partial charge in [0.15, 0.2) is 0 Å². The minimum Gasteiger partial charge on any atom is -0.477 e. The molecule has 0 bridgehead atoms. The first-order chi connectivity index (χ1) is 12.6. The Morgan fingerprint density at radius 1 is 1.08 bits per heavy atom. The number of amides is 1. The molecule has 1 aromatic heterocycles. The highest BCUT2D eigenvalue weighted by atomic mass is 35.5. The summed E-state index contributed by atoms with van der Waals surface area (Å²) in [4.78, 5) is 18.8. The highest BCUT2D eigenvalue weighted by Gasteiger charge is 2.20. The average Bonchev–Trinajstić information content (AvgIpc) is 2.65. The van der Waals surface area contributed by atoms with E-state index in [-0.39, 0.29) is 0 Å². The summed E-state index contributed by atoms with van der Waals surface area (Å²) in [7, 11) is 0. The number of hydrogen-bond donors (Lipinski definition) is 1. The molecule has 1 saturated heterocycles. The Balaban J connectivity index is 1.42. The predicted molar refractivity (Wildman–Crippen MR) is 99.8 cm³/mol. The monoisotopic (exact) mass is 375 g/mol. The zero-order chi connectivity index (χ0) is 18.4. The molecule has 1 amide bonds. The van der Waals surface area contributed by atoms with Crippen LogP contribution in [-0.2, 0) is 13.0 Å². The molecule has 7 heteroatoms. The lowest BCUT2D eigenvalue weighted by Crippen LogP contribution is -2.47. The molecule has 2 aromatic rings. The Labute approximate surface area is 158 Å². The van der Waals surface area contributed by atoms with Gasteiger partial charge in [0.05, 0.1) is 11.6 Å². The van der Waals surface area contributed by atoms with E-state index in [9.17, 15) is 4.79 Å². The van der Waals surface area contributed by atoms with Crippen LogP contribution in [0.2, 0.25) is 5.02 Å². The minimum atomic E-state index is -0.829. The second kappa shape index (κ2) is 8.87. The normalized spacial score (nSPS) is 15.0. The highest BCUT2D eigenvalue weighted by molar-refractivity contribution is 6.30. The molecule has 3 rings (SSSR count). The highest BCUT2D eigenvalue weighted by Crippen LogP contribution is 2.13. The molecule has 6 nitrogen and oxygen atoms in total. The molecule has 0 aliphatic carbocycles. The molecule has 26 heavy (non-hydrogen) atoms. The number of pyridine rings is 1. The fraction of sp³-hybridized carbons (Fsp3) is 0.368. The van der Waals surface area contributed by atoms with Crippen molar-refractivity contribution in [2.45, 2.75) is 13.0 Å². The summed E-state index contributed by atoms with van der Waals surface area (Å²) < 4.78 is 5.62.